The van der Waals surface area contributed by atoms with Gasteiger partial charge in [-0.15, -0.1) is 0 Å². The van der Waals surface area contributed by atoms with Gasteiger partial charge in [0.05, 0.1) is 18.7 Å². The van der Waals surface area contributed by atoms with Crippen LogP contribution in [0.5, 0.6) is 5.75 Å². The summed E-state index contributed by atoms with van der Waals surface area (Å²) in [6.07, 6.45) is 13.3. The van der Waals surface area contributed by atoms with E-state index in [-0.39, 0.29) is 5.97 Å². The number of hydrogen-bond donors (Lipinski definition) is 0. The first-order valence-electron chi connectivity index (χ1n) is 14.2. The highest BCUT2D eigenvalue weighted by molar-refractivity contribution is 5.88. The third-order valence-corrected chi connectivity index (χ3v) is 6.71. The van der Waals surface area contributed by atoms with Crippen LogP contribution in [0.3, 0.4) is 0 Å². The van der Waals surface area contributed by atoms with E-state index >= 15 is 0 Å². The fourth-order valence-electron chi connectivity index (χ4n) is 4.77. The van der Waals surface area contributed by atoms with Crippen LogP contribution in [0.1, 0.15) is 78.1 Å². The zero-order valence-corrected chi connectivity index (χ0v) is 22.9. The molecule has 1 aromatic heterocycles. The number of esters is 1. The number of aromatic nitrogens is 1. The van der Waals surface area contributed by atoms with E-state index in [9.17, 15) is 4.79 Å². The minimum absolute atomic E-state index is 0.319. The number of carbonyl (C=O) groups excluding carboxylic acids is 1. The Morgan fingerprint density at radius 2 is 1.46 bits per heavy atom. The van der Waals surface area contributed by atoms with Crippen LogP contribution in [-0.2, 0) is 16.1 Å². The Kier molecular flexibility index (Phi) is 12.3. The maximum Gasteiger partial charge on any atom is 0.330 e. The molecule has 3 rings (SSSR count). The molecule has 37 heavy (non-hydrogen) atoms. The Bertz CT molecular complexity index is 1080. The predicted octanol–water partition coefficient (Wildman–Crippen LogP) is 8.97. The minimum Gasteiger partial charge on any atom is -0.494 e. The van der Waals surface area contributed by atoms with Gasteiger partial charge >= 0.3 is 5.97 Å². The molecular weight excluding hydrogens is 458 g/mol. The van der Waals surface area contributed by atoms with Crippen molar-refractivity contribution in [2.24, 2.45) is 5.92 Å². The Labute approximate surface area is 223 Å². The molecule has 0 atom stereocenters. The van der Waals surface area contributed by atoms with Crippen LogP contribution in [0, 0.1) is 5.92 Å². The van der Waals surface area contributed by atoms with Gasteiger partial charge in [-0.05, 0) is 42.5 Å². The van der Waals surface area contributed by atoms with Crippen LogP contribution in [0.15, 0.2) is 67.3 Å². The summed E-state index contributed by atoms with van der Waals surface area (Å²) in [5.41, 5.74) is 3.78. The number of benzene rings is 2. The van der Waals surface area contributed by atoms with Crippen LogP contribution in [0.25, 0.3) is 22.2 Å². The molecule has 0 aliphatic carbocycles. The number of fused-ring (bicyclic) bond motifs is 1. The molecular formula is C33H45NO3. The topological polar surface area (TPSA) is 40.5 Å². The molecule has 1 heterocycles. The largest absolute Gasteiger partial charge is 0.494 e. The van der Waals surface area contributed by atoms with Crippen LogP contribution >= 0.6 is 0 Å². The zero-order valence-electron chi connectivity index (χ0n) is 22.9. The Morgan fingerprint density at radius 3 is 2.08 bits per heavy atom. The molecule has 200 valence electrons. The van der Waals surface area contributed by atoms with Gasteiger partial charge in [-0.25, -0.2) is 4.79 Å². The summed E-state index contributed by atoms with van der Waals surface area (Å²) in [6.45, 7) is 10.2. The van der Waals surface area contributed by atoms with Crippen molar-refractivity contribution in [3.05, 3.63) is 67.3 Å². The first-order chi connectivity index (χ1) is 18.1. The predicted molar refractivity (Wildman–Crippen MR) is 155 cm³/mol. The molecule has 0 spiro atoms. The maximum absolute atomic E-state index is 11.0. The van der Waals surface area contributed by atoms with Crippen molar-refractivity contribution in [1.29, 1.82) is 0 Å². The Hall–Kier alpha value is -3.01. The van der Waals surface area contributed by atoms with Gasteiger partial charge in [-0.2, -0.15) is 0 Å². The highest BCUT2D eigenvalue weighted by atomic mass is 16.5. The Morgan fingerprint density at radius 1 is 0.838 bits per heavy atom. The second kappa shape index (κ2) is 16.0. The van der Waals surface area contributed by atoms with Gasteiger partial charge in [-0.3, -0.25) is 0 Å². The van der Waals surface area contributed by atoms with E-state index in [0.29, 0.717) is 12.5 Å². The van der Waals surface area contributed by atoms with E-state index in [1.165, 1.54) is 73.2 Å². The van der Waals surface area contributed by atoms with Crippen LogP contribution in [0.4, 0.5) is 0 Å². The van der Waals surface area contributed by atoms with Gasteiger partial charge in [0.25, 0.3) is 0 Å². The van der Waals surface area contributed by atoms with Crippen molar-refractivity contribution in [1.82, 2.24) is 4.57 Å². The van der Waals surface area contributed by atoms with Gasteiger partial charge in [0, 0.05) is 29.8 Å². The molecule has 0 radical (unpaired) electrons. The van der Waals surface area contributed by atoms with Gasteiger partial charge in [0.2, 0.25) is 0 Å². The maximum atomic E-state index is 11.0. The summed E-state index contributed by atoms with van der Waals surface area (Å²) in [7, 11) is 0. The van der Waals surface area contributed by atoms with Crippen LogP contribution < -0.4 is 4.74 Å². The quantitative estimate of drug-likeness (QED) is 0.0988. The van der Waals surface area contributed by atoms with Gasteiger partial charge in [0.15, 0.2) is 0 Å². The van der Waals surface area contributed by atoms with E-state index in [0.717, 1.165) is 38.2 Å². The van der Waals surface area contributed by atoms with Crippen molar-refractivity contribution >= 4 is 16.9 Å². The molecule has 0 aliphatic rings. The first-order valence-corrected chi connectivity index (χ1v) is 14.2. The molecule has 0 N–H and O–H groups in total. The lowest BCUT2D eigenvalue weighted by Gasteiger charge is -2.14. The lowest BCUT2D eigenvalue weighted by molar-refractivity contribution is -0.137. The smallest absolute Gasteiger partial charge is 0.330 e. The molecule has 4 nitrogen and oxygen atoms in total. The second-order valence-corrected chi connectivity index (χ2v) is 10.4. The van der Waals surface area contributed by atoms with Crippen molar-refractivity contribution in [2.45, 2.75) is 84.6 Å². The molecule has 0 unspecified atom stereocenters. The van der Waals surface area contributed by atoms with E-state index in [4.69, 9.17) is 9.47 Å². The van der Waals surface area contributed by atoms with E-state index in [1.807, 2.05) is 0 Å². The lowest BCUT2D eigenvalue weighted by Crippen LogP contribution is -2.06. The summed E-state index contributed by atoms with van der Waals surface area (Å²) in [5, 5.41) is 1.27. The van der Waals surface area contributed by atoms with Gasteiger partial charge in [-0.1, -0.05) is 102 Å². The number of hydrogen-bond acceptors (Lipinski definition) is 3. The normalized spacial score (nSPS) is 11.2. The molecule has 0 fully saturated rings. The third kappa shape index (κ3) is 9.76. The standard InChI is InChI=1S/C33H45NO3/c1-4-33(35)37-23-17-12-10-8-6-5-7-9-11-16-22-36-30-21-20-29-24-31(28-18-14-13-15-19-28)34(26-27(2)3)32(29)25-30/h4,13-15,18-21,24-25,27H,1,5-12,16-17,22-23,26H2,2-3H3. The average molecular weight is 504 g/mol. The van der Waals surface area contributed by atoms with Crippen molar-refractivity contribution in [3.8, 4) is 17.0 Å². The van der Waals surface area contributed by atoms with Gasteiger partial charge < -0.3 is 14.0 Å². The summed E-state index contributed by atoms with van der Waals surface area (Å²) < 4.78 is 13.6. The number of rotatable bonds is 18. The Balaban J connectivity index is 1.33. The van der Waals surface area contributed by atoms with Gasteiger partial charge in [0.1, 0.15) is 5.75 Å². The fourth-order valence-corrected chi connectivity index (χ4v) is 4.77. The summed E-state index contributed by atoms with van der Waals surface area (Å²) >= 11 is 0. The van der Waals surface area contributed by atoms with Crippen molar-refractivity contribution < 1.29 is 14.3 Å². The molecule has 4 heteroatoms. The summed E-state index contributed by atoms with van der Waals surface area (Å²) in [6, 6.07) is 19.5. The molecule has 3 aromatic rings. The molecule has 0 bridgehead atoms. The summed E-state index contributed by atoms with van der Waals surface area (Å²) in [5.74, 6) is 1.21. The minimum atomic E-state index is -0.319. The average Bonchev–Trinajstić information content (AvgIpc) is 3.26. The lowest BCUT2D eigenvalue weighted by atomic mass is 10.1. The van der Waals surface area contributed by atoms with Crippen molar-refractivity contribution in [3.63, 3.8) is 0 Å². The zero-order chi connectivity index (χ0) is 26.3. The number of unbranched alkanes of at least 4 members (excludes halogenated alkanes) is 9. The van der Waals surface area contributed by atoms with Crippen LogP contribution in [-0.4, -0.2) is 23.8 Å². The molecule has 0 aliphatic heterocycles. The molecule has 0 amide bonds. The molecule has 2 aromatic carbocycles. The third-order valence-electron chi connectivity index (χ3n) is 6.71. The van der Waals surface area contributed by atoms with E-state index < -0.39 is 0 Å². The summed E-state index contributed by atoms with van der Waals surface area (Å²) in [4.78, 5) is 11.0. The monoisotopic (exact) mass is 503 g/mol. The number of nitrogens with zero attached hydrogens (tertiary/aromatic N) is 1. The highest BCUT2D eigenvalue weighted by Crippen LogP contribution is 2.31. The number of carbonyl (C=O) groups is 1. The van der Waals surface area contributed by atoms with E-state index in [1.54, 1.807) is 0 Å². The number of ether oxygens (including phenoxy) is 2. The first kappa shape index (κ1) is 28.6. The van der Waals surface area contributed by atoms with Crippen LogP contribution in [0.2, 0.25) is 0 Å². The molecule has 0 saturated heterocycles. The van der Waals surface area contributed by atoms with E-state index in [2.05, 4.69) is 79.6 Å². The molecule has 0 saturated carbocycles. The van der Waals surface area contributed by atoms with Crippen molar-refractivity contribution in [2.75, 3.05) is 13.2 Å². The fraction of sp³-hybridized carbons (Fsp3) is 0.485. The highest BCUT2D eigenvalue weighted by Gasteiger charge is 2.13. The second-order valence-electron chi connectivity index (χ2n) is 10.4. The SMILES string of the molecule is C=CC(=O)OCCCCCCCCCCCCOc1ccc2cc(-c3ccccc3)n(CC(C)C)c2c1.